The monoisotopic (exact) mass is 316 g/mol. The third kappa shape index (κ3) is 2.76. The highest BCUT2D eigenvalue weighted by Crippen LogP contribution is 2.34. The van der Waals surface area contributed by atoms with Crippen molar-refractivity contribution < 1.29 is 0 Å². The Bertz CT molecular complexity index is 639. The average molecular weight is 316 g/mol. The lowest BCUT2D eigenvalue weighted by Gasteiger charge is -2.29. The zero-order valence-corrected chi connectivity index (χ0v) is 14.1. The van der Waals surface area contributed by atoms with E-state index in [0.717, 1.165) is 23.6 Å². The van der Waals surface area contributed by atoms with Gasteiger partial charge in [0.15, 0.2) is 5.65 Å². The number of fused-ring (bicyclic) bond motifs is 1. The van der Waals surface area contributed by atoms with Crippen molar-refractivity contribution in [1.82, 2.24) is 19.4 Å². The van der Waals surface area contributed by atoms with Gasteiger partial charge in [0.05, 0.1) is 0 Å². The van der Waals surface area contributed by atoms with E-state index in [9.17, 15) is 0 Å². The standard InChI is InChI=1S/C17H24N4S/c1-20-8-4-13(5-9-20)11-21-16(14-6-10-22-12-14)19-15-3-2-7-18-17(15)21/h2-3,7,13-14H,4-6,8-12H2,1H3. The summed E-state index contributed by atoms with van der Waals surface area (Å²) in [6, 6.07) is 4.11. The second-order valence-corrected chi connectivity index (χ2v) is 7.88. The molecule has 0 aromatic carbocycles. The number of hydrogen-bond acceptors (Lipinski definition) is 4. The van der Waals surface area contributed by atoms with Gasteiger partial charge < -0.3 is 9.47 Å². The first-order valence-corrected chi connectivity index (χ1v) is 9.54. The molecule has 0 spiro atoms. The lowest BCUT2D eigenvalue weighted by atomic mass is 9.96. The molecule has 1 atom stereocenters. The van der Waals surface area contributed by atoms with Crippen molar-refractivity contribution in [2.75, 3.05) is 31.6 Å². The molecule has 1 unspecified atom stereocenters. The van der Waals surface area contributed by atoms with Crippen molar-refractivity contribution in [3.63, 3.8) is 0 Å². The maximum absolute atomic E-state index is 4.95. The minimum Gasteiger partial charge on any atom is -0.312 e. The number of piperidine rings is 1. The van der Waals surface area contributed by atoms with E-state index in [-0.39, 0.29) is 0 Å². The summed E-state index contributed by atoms with van der Waals surface area (Å²) in [6.45, 7) is 3.54. The van der Waals surface area contributed by atoms with Gasteiger partial charge in [-0.05, 0) is 63.2 Å². The Kier molecular flexibility index (Phi) is 4.09. The summed E-state index contributed by atoms with van der Waals surface area (Å²) in [5, 5.41) is 0. The molecule has 4 nitrogen and oxygen atoms in total. The van der Waals surface area contributed by atoms with Gasteiger partial charge in [-0.2, -0.15) is 11.8 Å². The van der Waals surface area contributed by atoms with E-state index in [2.05, 4.69) is 39.3 Å². The van der Waals surface area contributed by atoms with Crippen molar-refractivity contribution in [2.24, 2.45) is 5.92 Å². The average Bonchev–Trinajstić information content (AvgIpc) is 3.18. The third-order valence-corrected chi connectivity index (χ3v) is 6.27. The molecule has 0 aliphatic carbocycles. The second-order valence-electron chi connectivity index (χ2n) is 6.73. The molecule has 2 aliphatic heterocycles. The van der Waals surface area contributed by atoms with Crippen molar-refractivity contribution in [3.8, 4) is 0 Å². The van der Waals surface area contributed by atoms with Crippen LogP contribution in [0.15, 0.2) is 18.3 Å². The van der Waals surface area contributed by atoms with Crippen LogP contribution in [0.2, 0.25) is 0 Å². The van der Waals surface area contributed by atoms with E-state index in [4.69, 9.17) is 4.98 Å². The van der Waals surface area contributed by atoms with Crippen molar-refractivity contribution in [1.29, 1.82) is 0 Å². The first-order chi connectivity index (χ1) is 10.8. The Labute approximate surface area is 136 Å². The smallest absolute Gasteiger partial charge is 0.160 e. The number of likely N-dealkylation sites (tertiary alicyclic amines) is 1. The molecule has 0 saturated carbocycles. The quantitative estimate of drug-likeness (QED) is 0.872. The largest absolute Gasteiger partial charge is 0.312 e. The zero-order valence-electron chi connectivity index (χ0n) is 13.2. The highest BCUT2D eigenvalue weighted by molar-refractivity contribution is 7.99. The summed E-state index contributed by atoms with van der Waals surface area (Å²) in [4.78, 5) is 12.0. The number of pyridine rings is 1. The van der Waals surface area contributed by atoms with Crippen LogP contribution in [0.3, 0.4) is 0 Å². The van der Waals surface area contributed by atoms with Crippen LogP contribution in [-0.4, -0.2) is 51.1 Å². The maximum atomic E-state index is 4.95. The molecule has 2 aromatic rings. The van der Waals surface area contributed by atoms with Gasteiger partial charge in [-0.25, -0.2) is 9.97 Å². The van der Waals surface area contributed by atoms with Crippen LogP contribution in [0, 0.1) is 5.92 Å². The van der Waals surface area contributed by atoms with Crippen LogP contribution >= 0.6 is 11.8 Å². The lowest BCUT2D eigenvalue weighted by Crippen LogP contribution is -2.32. The Balaban J connectivity index is 1.66. The molecule has 118 valence electrons. The molecule has 0 amide bonds. The summed E-state index contributed by atoms with van der Waals surface area (Å²) in [7, 11) is 2.23. The van der Waals surface area contributed by atoms with Crippen LogP contribution in [0.1, 0.15) is 31.0 Å². The normalized spacial score (nSPS) is 24.3. The highest BCUT2D eigenvalue weighted by Gasteiger charge is 2.26. The van der Waals surface area contributed by atoms with Gasteiger partial charge >= 0.3 is 0 Å². The Morgan fingerprint density at radius 2 is 2.14 bits per heavy atom. The minimum atomic E-state index is 0.616. The zero-order chi connectivity index (χ0) is 14.9. The molecule has 2 aliphatic rings. The van der Waals surface area contributed by atoms with Crippen molar-refractivity contribution in [2.45, 2.75) is 31.7 Å². The van der Waals surface area contributed by atoms with Crippen LogP contribution in [0.5, 0.6) is 0 Å². The van der Waals surface area contributed by atoms with Gasteiger partial charge in [0, 0.05) is 24.4 Å². The van der Waals surface area contributed by atoms with Crippen LogP contribution in [0.4, 0.5) is 0 Å². The van der Waals surface area contributed by atoms with Gasteiger partial charge in [-0.3, -0.25) is 0 Å². The van der Waals surface area contributed by atoms with E-state index in [1.165, 1.54) is 49.7 Å². The van der Waals surface area contributed by atoms with Crippen LogP contribution in [0.25, 0.3) is 11.2 Å². The fraction of sp³-hybridized carbons (Fsp3) is 0.647. The second kappa shape index (κ2) is 6.20. The molecule has 0 N–H and O–H groups in total. The summed E-state index contributed by atoms with van der Waals surface area (Å²) in [6.07, 6.45) is 5.76. The van der Waals surface area contributed by atoms with E-state index in [0.29, 0.717) is 5.92 Å². The number of imidazole rings is 1. The summed E-state index contributed by atoms with van der Waals surface area (Å²) in [5.74, 6) is 5.17. The van der Waals surface area contributed by atoms with E-state index < -0.39 is 0 Å². The molecule has 22 heavy (non-hydrogen) atoms. The Morgan fingerprint density at radius 3 is 2.91 bits per heavy atom. The predicted molar refractivity (Wildman–Crippen MR) is 92.4 cm³/mol. The van der Waals surface area contributed by atoms with E-state index >= 15 is 0 Å². The fourth-order valence-corrected chi connectivity index (χ4v) is 4.93. The molecule has 0 bridgehead atoms. The number of rotatable bonds is 3. The SMILES string of the molecule is CN1CCC(Cn2c(C3CCSC3)nc3cccnc32)CC1. The number of thioether (sulfide) groups is 1. The number of aromatic nitrogens is 3. The third-order valence-electron chi connectivity index (χ3n) is 5.11. The van der Waals surface area contributed by atoms with Crippen molar-refractivity contribution >= 4 is 22.9 Å². The molecule has 2 aromatic heterocycles. The van der Waals surface area contributed by atoms with Gasteiger partial charge in [0.2, 0.25) is 0 Å². The maximum Gasteiger partial charge on any atom is 0.160 e. The molecule has 2 saturated heterocycles. The van der Waals surface area contributed by atoms with Crippen molar-refractivity contribution in [3.05, 3.63) is 24.2 Å². The first-order valence-electron chi connectivity index (χ1n) is 8.38. The first kappa shape index (κ1) is 14.5. The molecule has 2 fully saturated rings. The van der Waals surface area contributed by atoms with Gasteiger partial charge in [-0.1, -0.05) is 0 Å². The molecule has 4 heterocycles. The van der Waals surface area contributed by atoms with E-state index in [1.807, 2.05) is 12.3 Å². The lowest BCUT2D eigenvalue weighted by molar-refractivity contribution is 0.204. The highest BCUT2D eigenvalue weighted by atomic mass is 32.2. The molecule has 5 heteroatoms. The van der Waals surface area contributed by atoms with Crippen LogP contribution < -0.4 is 0 Å². The van der Waals surface area contributed by atoms with Crippen LogP contribution in [-0.2, 0) is 6.54 Å². The van der Waals surface area contributed by atoms with E-state index in [1.54, 1.807) is 0 Å². The van der Waals surface area contributed by atoms with Gasteiger partial charge in [-0.15, -0.1) is 0 Å². The number of nitrogens with zero attached hydrogens (tertiary/aromatic N) is 4. The number of hydrogen-bond donors (Lipinski definition) is 0. The molecule has 0 radical (unpaired) electrons. The topological polar surface area (TPSA) is 34.0 Å². The summed E-state index contributed by atoms with van der Waals surface area (Å²) < 4.78 is 2.45. The molecule has 4 rings (SSSR count). The molecular formula is C17H24N4S. The summed E-state index contributed by atoms with van der Waals surface area (Å²) in [5.41, 5.74) is 2.16. The Morgan fingerprint density at radius 1 is 1.27 bits per heavy atom. The fourth-order valence-electron chi connectivity index (χ4n) is 3.71. The molecular weight excluding hydrogens is 292 g/mol. The minimum absolute atomic E-state index is 0.616. The van der Waals surface area contributed by atoms with Gasteiger partial charge in [0.25, 0.3) is 0 Å². The summed E-state index contributed by atoms with van der Waals surface area (Å²) >= 11 is 2.06. The predicted octanol–water partition coefficient (Wildman–Crippen LogP) is 2.99. The van der Waals surface area contributed by atoms with Gasteiger partial charge in [0.1, 0.15) is 11.3 Å². The Hall–Kier alpha value is -1.07.